The predicted molar refractivity (Wildman–Crippen MR) is 81.9 cm³/mol. The number of rotatable bonds is 4. The van der Waals surface area contributed by atoms with Crippen molar-refractivity contribution in [3.63, 3.8) is 0 Å². The second kappa shape index (κ2) is 6.23. The van der Waals surface area contributed by atoms with E-state index in [4.69, 9.17) is 16.3 Å². The first-order chi connectivity index (χ1) is 9.82. The third-order valence-electron chi connectivity index (χ3n) is 3.39. The average Bonchev–Trinajstić information content (AvgIpc) is 2.73. The largest absolute Gasteiger partial charge is 0.492 e. The molecule has 116 valence electrons. The highest BCUT2D eigenvalue weighted by atomic mass is 35.5. The molecule has 0 saturated carbocycles. The van der Waals surface area contributed by atoms with Crippen LogP contribution in [-0.2, 0) is 9.84 Å². The molecular formula is C14H18ClNO4S. The lowest BCUT2D eigenvalue weighted by Gasteiger charge is -2.14. The quantitative estimate of drug-likeness (QED) is 0.915. The number of hydrogen-bond donors (Lipinski definition) is 1. The third-order valence-corrected chi connectivity index (χ3v) is 5.45. The summed E-state index contributed by atoms with van der Waals surface area (Å²) in [5.74, 6) is 0.361. The number of carbonyl (C=O) groups excluding carboxylic acids is 1. The van der Waals surface area contributed by atoms with E-state index in [-0.39, 0.29) is 23.5 Å². The van der Waals surface area contributed by atoms with Crippen LogP contribution < -0.4 is 10.1 Å². The molecule has 1 atom stereocenters. The molecule has 0 radical (unpaired) electrons. The van der Waals surface area contributed by atoms with E-state index in [9.17, 15) is 13.2 Å². The summed E-state index contributed by atoms with van der Waals surface area (Å²) in [6.07, 6.45) is 0.456. The molecule has 1 amide bonds. The maximum Gasteiger partial charge on any atom is 0.251 e. The van der Waals surface area contributed by atoms with Crippen molar-refractivity contribution in [2.75, 3.05) is 18.1 Å². The minimum atomic E-state index is -3.02. The minimum Gasteiger partial charge on any atom is -0.492 e. The van der Waals surface area contributed by atoms with Crippen molar-refractivity contribution < 1.29 is 17.9 Å². The number of amides is 1. The van der Waals surface area contributed by atoms with Gasteiger partial charge < -0.3 is 10.1 Å². The number of sulfone groups is 1. The van der Waals surface area contributed by atoms with Gasteiger partial charge in [-0.1, -0.05) is 11.6 Å². The van der Waals surface area contributed by atoms with Crippen molar-refractivity contribution in [3.05, 3.63) is 28.3 Å². The van der Waals surface area contributed by atoms with Crippen molar-refractivity contribution in [3.8, 4) is 5.75 Å². The highest BCUT2D eigenvalue weighted by Crippen LogP contribution is 2.28. The van der Waals surface area contributed by atoms with E-state index in [0.717, 1.165) is 5.56 Å². The van der Waals surface area contributed by atoms with Crippen molar-refractivity contribution in [1.29, 1.82) is 0 Å². The number of ether oxygens (including phenoxy) is 1. The molecule has 1 fully saturated rings. The zero-order chi connectivity index (χ0) is 15.6. The van der Waals surface area contributed by atoms with Crippen molar-refractivity contribution >= 4 is 27.3 Å². The Balaban J connectivity index is 2.14. The van der Waals surface area contributed by atoms with E-state index in [2.05, 4.69) is 5.32 Å². The molecule has 1 aliphatic heterocycles. The third kappa shape index (κ3) is 3.89. The Labute approximate surface area is 129 Å². The molecule has 0 spiro atoms. The minimum absolute atomic E-state index is 0.00253. The molecule has 21 heavy (non-hydrogen) atoms. The van der Waals surface area contributed by atoms with Gasteiger partial charge in [0.1, 0.15) is 5.75 Å². The topological polar surface area (TPSA) is 72.5 Å². The molecule has 1 aliphatic rings. The number of carbonyl (C=O) groups is 1. The zero-order valence-corrected chi connectivity index (χ0v) is 13.6. The summed E-state index contributed by atoms with van der Waals surface area (Å²) in [5.41, 5.74) is 1.17. The van der Waals surface area contributed by atoms with Gasteiger partial charge in [0.2, 0.25) is 0 Å². The number of halogens is 1. The van der Waals surface area contributed by atoms with Gasteiger partial charge >= 0.3 is 0 Å². The molecule has 2 rings (SSSR count). The number of nitrogens with one attached hydrogen (secondary N) is 1. The molecule has 0 aromatic heterocycles. The highest BCUT2D eigenvalue weighted by molar-refractivity contribution is 7.91. The normalized spacial score (nSPS) is 20.2. The fourth-order valence-electron chi connectivity index (χ4n) is 2.34. The van der Waals surface area contributed by atoms with Gasteiger partial charge in [-0.25, -0.2) is 8.42 Å². The van der Waals surface area contributed by atoms with Crippen LogP contribution in [0.2, 0.25) is 5.02 Å². The fraction of sp³-hybridized carbons (Fsp3) is 0.500. The Morgan fingerprint density at radius 2 is 2.19 bits per heavy atom. The van der Waals surface area contributed by atoms with Gasteiger partial charge in [0.15, 0.2) is 9.84 Å². The molecule has 1 heterocycles. The van der Waals surface area contributed by atoms with Gasteiger partial charge in [0.25, 0.3) is 5.91 Å². The van der Waals surface area contributed by atoms with Gasteiger partial charge in [-0.05, 0) is 38.0 Å². The lowest BCUT2D eigenvalue weighted by molar-refractivity contribution is 0.0940. The molecule has 5 nitrogen and oxygen atoms in total. The van der Waals surface area contributed by atoms with Gasteiger partial charge in [0.05, 0.1) is 23.1 Å². The lowest BCUT2D eigenvalue weighted by atomic mass is 10.1. The summed E-state index contributed by atoms with van der Waals surface area (Å²) in [7, 11) is -3.02. The predicted octanol–water partition coefficient (Wildman–Crippen LogP) is 1.96. The van der Waals surface area contributed by atoms with Crippen LogP contribution in [0.1, 0.15) is 29.3 Å². The molecule has 1 aromatic carbocycles. The van der Waals surface area contributed by atoms with E-state index in [0.29, 0.717) is 29.4 Å². The summed E-state index contributed by atoms with van der Waals surface area (Å²) in [6, 6.07) is 2.94. The van der Waals surface area contributed by atoms with Crippen molar-refractivity contribution in [1.82, 2.24) is 5.32 Å². The first-order valence-corrected chi connectivity index (χ1v) is 8.96. The molecule has 7 heteroatoms. The first kappa shape index (κ1) is 16.1. The Kier molecular flexibility index (Phi) is 4.78. The average molecular weight is 332 g/mol. The highest BCUT2D eigenvalue weighted by Gasteiger charge is 2.29. The van der Waals surface area contributed by atoms with Crippen LogP contribution in [0, 0.1) is 6.92 Å². The summed E-state index contributed by atoms with van der Waals surface area (Å²) >= 11 is 6.09. The zero-order valence-electron chi connectivity index (χ0n) is 12.0. The first-order valence-electron chi connectivity index (χ1n) is 6.76. The van der Waals surface area contributed by atoms with E-state index >= 15 is 0 Å². The van der Waals surface area contributed by atoms with Crippen LogP contribution >= 0.6 is 11.6 Å². The smallest absolute Gasteiger partial charge is 0.251 e. The Bertz CT molecular complexity index is 657. The van der Waals surface area contributed by atoms with Gasteiger partial charge in [-0.3, -0.25) is 4.79 Å². The molecule has 1 N–H and O–H groups in total. The van der Waals surface area contributed by atoms with Crippen molar-refractivity contribution in [2.24, 2.45) is 0 Å². The Hall–Kier alpha value is -1.27. The van der Waals surface area contributed by atoms with Gasteiger partial charge in [0, 0.05) is 11.6 Å². The van der Waals surface area contributed by atoms with Crippen LogP contribution in [0.15, 0.2) is 12.1 Å². The summed E-state index contributed by atoms with van der Waals surface area (Å²) in [4.78, 5) is 12.2. The van der Waals surface area contributed by atoms with Gasteiger partial charge in [-0.15, -0.1) is 0 Å². The van der Waals surface area contributed by atoms with Gasteiger partial charge in [-0.2, -0.15) is 0 Å². The number of benzene rings is 1. The lowest BCUT2D eigenvalue weighted by Crippen LogP contribution is -2.35. The molecule has 1 unspecified atom stereocenters. The SMILES string of the molecule is CCOc1cc(C)c(C(=O)NC2CCS(=O)(=O)C2)cc1Cl. The molecular weight excluding hydrogens is 314 g/mol. The summed E-state index contributed by atoms with van der Waals surface area (Å²) < 4.78 is 28.2. The van der Waals surface area contributed by atoms with E-state index in [1.54, 1.807) is 19.1 Å². The molecule has 0 aliphatic carbocycles. The summed E-state index contributed by atoms with van der Waals surface area (Å²) in [5, 5.41) is 3.12. The van der Waals surface area contributed by atoms with E-state index in [1.807, 2.05) is 6.92 Å². The van der Waals surface area contributed by atoms with Crippen LogP contribution in [0.4, 0.5) is 0 Å². The second-order valence-electron chi connectivity index (χ2n) is 5.10. The van der Waals surface area contributed by atoms with Crippen LogP contribution in [0.25, 0.3) is 0 Å². The van der Waals surface area contributed by atoms with Crippen molar-refractivity contribution in [2.45, 2.75) is 26.3 Å². The maximum atomic E-state index is 12.2. The summed E-state index contributed by atoms with van der Waals surface area (Å²) in [6.45, 7) is 4.14. The number of aryl methyl sites for hydroxylation is 1. The van der Waals surface area contributed by atoms with E-state index in [1.165, 1.54) is 0 Å². The van der Waals surface area contributed by atoms with Crippen LogP contribution in [0.5, 0.6) is 5.75 Å². The molecule has 1 aromatic rings. The van der Waals surface area contributed by atoms with E-state index < -0.39 is 9.84 Å². The second-order valence-corrected chi connectivity index (χ2v) is 7.74. The number of hydrogen-bond acceptors (Lipinski definition) is 4. The Morgan fingerprint density at radius 1 is 1.48 bits per heavy atom. The molecule has 0 bridgehead atoms. The van der Waals surface area contributed by atoms with Crippen LogP contribution in [0.3, 0.4) is 0 Å². The Morgan fingerprint density at radius 3 is 2.76 bits per heavy atom. The molecule has 1 saturated heterocycles. The monoisotopic (exact) mass is 331 g/mol. The fourth-order valence-corrected chi connectivity index (χ4v) is 4.23. The maximum absolute atomic E-state index is 12.2. The van der Waals surface area contributed by atoms with Crippen LogP contribution in [-0.4, -0.2) is 38.5 Å². The standard InChI is InChI=1S/C14H18ClNO4S/c1-3-20-13-6-9(2)11(7-12(13)15)14(17)16-10-4-5-21(18,19)8-10/h6-7,10H,3-5,8H2,1-2H3,(H,16,17).